The summed E-state index contributed by atoms with van der Waals surface area (Å²) in [7, 11) is 3.34. The summed E-state index contributed by atoms with van der Waals surface area (Å²) in [6, 6.07) is -0.407. The van der Waals surface area contributed by atoms with Gasteiger partial charge >= 0.3 is 0 Å². The van der Waals surface area contributed by atoms with Gasteiger partial charge in [0, 0.05) is 20.6 Å². The number of rotatable bonds is 2. The van der Waals surface area contributed by atoms with E-state index in [4.69, 9.17) is 5.73 Å². The first-order chi connectivity index (χ1) is 6.02. The van der Waals surface area contributed by atoms with Gasteiger partial charge in [0.05, 0.1) is 12.6 Å². The molecular weight excluding hydrogens is 170 g/mol. The minimum Gasteiger partial charge on any atom is -0.347 e. The molecule has 1 unspecified atom stereocenters. The zero-order valence-electron chi connectivity index (χ0n) is 7.99. The summed E-state index contributed by atoms with van der Waals surface area (Å²) in [5.74, 6) is -0.183. The topological polar surface area (TPSA) is 66.6 Å². The van der Waals surface area contributed by atoms with E-state index in [1.807, 2.05) is 0 Å². The van der Waals surface area contributed by atoms with Crippen molar-refractivity contribution >= 4 is 11.8 Å². The summed E-state index contributed by atoms with van der Waals surface area (Å²) in [4.78, 5) is 25.5. The van der Waals surface area contributed by atoms with Gasteiger partial charge in [-0.25, -0.2) is 0 Å². The number of likely N-dealkylation sites (N-methyl/N-ethyl adjacent to an activating group) is 1. The van der Waals surface area contributed by atoms with Crippen molar-refractivity contribution in [3.05, 3.63) is 0 Å². The van der Waals surface area contributed by atoms with Crippen molar-refractivity contribution in [2.75, 3.05) is 27.2 Å². The van der Waals surface area contributed by atoms with Crippen molar-refractivity contribution in [3.63, 3.8) is 0 Å². The van der Waals surface area contributed by atoms with Gasteiger partial charge in [-0.2, -0.15) is 0 Å². The highest BCUT2D eigenvalue weighted by molar-refractivity contribution is 5.88. The number of nitrogens with zero attached hydrogens (tertiary/aromatic N) is 2. The maximum absolute atomic E-state index is 11.3. The first-order valence-electron chi connectivity index (χ1n) is 4.27. The Balaban J connectivity index is 2.47. The highest BCUT2D eigenvalue weighted by Gasteiger charge is 2.29. The maximum atomic E-state index is 11.3. The molecule has 2 amide bonds. The van der Waals surface area contributed by atoms with Crippen molar-refractivity contribution in [2.24, 2.45) is 5.73 Å². The zero-order valence-corrected chi connectivity index (χ0v) is 7.99. The van der Waals surface area contributed by atoms with Crippen molar-refractivity contribution in [1.29, 1.82) is 0 Å². The van der Waals surface area contributed by atoms with Gasteiger partial charge in [-0.3, -0.25) is 9.59 Å². The van der Waals surface area contributed by atoms with E-state index in [9.17, 15) is 9.59 Å². The Bertz CT molecular complexity index is 227. The zero-order chi connectivity index (χ0) is 10.0. The third kappa shape index (κ3) is 2.18. The van der Waals surface area contributed by atoms with Crippen molar-refractivity contribution in [1.82, 2.24) is 9.80 Å². The molecule has 0 bridgehead atoms. The fraction of sp³-hybridized carbons (Fsp3) is 0.750. The molecule has 0 spiro atoms. The largest absolute Gasteiger partial charge is 0.347 e. The van der Waals surface area contributed by atoms with Gasteiger partial charge in [0.25, 0.3) is 0 Å². The number of carbonyl (C=O) groups is 2. The van der Waals surface area contributed by atoms with Crippen LogP contribution in [-0.2, 0) is 9.59 Å². The van der Waals surface area contributed by atoms with Crippen LogP contribution in [0.3, 0.4) is 0 Å². The smallest absolute Gasteiger partial charge is 0.241 e. The molecule has 0 aromatic rings. The van der Waals surface area contributed by atoms with E-state index in [2.05, 4.69) is 0 Å². The molecule has 1 aliphatic rings. The number of carbonyl (C=O) groups excluding carboxylic acids is 2. The molecule has 0 aromatic heterocycles. The predicted molar refractivity (Wildman–Crippen MR) is 47.9 cm³/mol. The van der Waals surface area contributed by atoms with Crippen molar-refractivity contribution in [2.45, 2.75) is 12.5 Å². The Labute approximate surface area is 77.5 Å². The lowest BCUT2D eigenvalue weighted by molar-refractivity contribution is -0.137. The van der Waals surface area contributed by atoms with Crippen LogP contribution in [0.2, 0.25) is 0 Å². The molecule has 0 aromatic carbocycles. The van der Waals surface area contributed by atoms with E-state index >= 15 is 0 Å². The van der Waals surface area contributed by atoms with Crippen LogP contribution in [0.15, 0.2) is 0 Å². The van der Waals surface area contributed by atoms with Gasteiger partial charge in [-0.05, 0) is 6.42 Å². The lowest BCUT2D eigenvalue weighted by Crippen LogP contribution is -2.40. The molecule has 1 aliphatic heterocycles. The predicted octanol–water partition coefficient (Wildman–Crippen LogP) is -1.37. The molecule has 1 saturated heterocycles. The van der Waals surface area contributed by atoms with E-state index in [0.717, 1.165) is 0 Å². The Kier molecular flexibility index (Phi) is 2.87. The summed E-state index contributed by atoms with van der Waals surface area (Å²) in [5.41, 5.74) is 5.50. The standard InChI is InChI=1S/C8H15N3O2/c1-10(2)7(12)5-11-4-3-6(9)8(11)13/h6H,3-5,9H2,1-2H3. The Morgan fingerprint density at radius 3 is 2.69 bits per heavy atom. The van der Waals surface area contributed by atoms with Crippen LogP contribution in [-0.4, -0.2) is 54.8 Å². The minimum absolute atomic E-state index is 0.0672. The number of nitrogens with two attached hydrogens (primary N) is 1. The summed E-state index contributed by atoms with van der Waals surface area (Å²) >= 11 is 0. The summed E-state index contributed by atoms with van der Waals surface area (Å²) in [6.07, 6.45) is 0.652. The normalized spacial score (nSPS) is 22.2. The molecule has 13 heavy (non-hydrogen) atoms. The van der Waals surface area contributed by atoms with Gasteiger partial charge in [0.2, 0.25) is 11.8 Å². The summed E-state index contributed by atoms with van der Waals surface area (Å²) in [6.45, 7) is 0.749. The molecule has 2 N–H and O–H groups in total. The average molecular weight is 185 g/mol. The van der Waals surface area contributed by atoms with E-state index in [1.54, 1.807) is 14.1 Å². The fourth-order valence-corrected chi connectivity index (χ4v) is 1.22. The van der Waals surface area contributed by atoms with E-state index in [-0.39, 0.29) is 18.4 Å². The highest BCUT2D eigenvalue weighted by Crippen LogP contribution is 2.08. The number of amides is 2. The van der Waals surface area contributed by atoms with Gasteiger partial charge < -0.3 is 15.5 Å². The van der Waals surface area contributed by atoms with E-state index < -0.39 is 6.04 Å². The minimum atomic E-state index is -0.407. The molecule has 0 saturated carbocycles. The second kappa shape index (κ2) is 3.74. The first-order valence-corrected chi connectivity index (χ1v) is 4.27. The van der Waals surface area contributed by atoms with Gasteiger partial charge in [-0.15, -0.1) is 0 Å². The molecule has 1 rings (SSSR count). The van der Waals surface area contributed by atoms with Crippen LogP contribution in [0, 0.1) is 0 Å². The Morgan fingerprint density at radius 1 is 1.69 bits per heavy atom. The number of hydrogen-bond donors (Lipinski definition) is 1. The number of hydrogen-bond acceptors (Lipinski definition) is 3. The third-order valence-electron chi connectivity index (χ3n) is 2.16. The lowest BCUT2D eigenvalue weighted by atomic mass is 10.3. The van der Waals surface area contributed by atoms with Crippen LogP contribution in [0.25, 0.3) is 0 Å². The monoisotopic (exact) mass is 185 g/mol. The molecule has 74 valence electrons. The molecule has 0 radical (unpaired) electrons. The van der Waals surface area contributed by atoms with Crippen LogP contribution >= 0.6 is 0 Å². The summed E-state index contributed by atoms with van der Waals surface area (Å²) < 4.78 is 0. The van der Waals surface area contributed by atoms with E-state index in [1.165, 1.54) is 9.80 Å². The van der Waals surface area contributed by atoms with Gasteiger partial charge in [0.1, 0.15) is 0 Å². The summed E-state index contributed by atoms with van der Waals surface area (Å²) in [5, 5.41) is 0. The second-order valence-corrected chi connectivity index (χ2v) is 3.44. The molecule has 5 heteroatoms. The lowest BCUT2D eigenvalue weighted by Gasteiger charge is -2.18. The van der Waals surface area contributed by atoms with Crippen molar-refractivity contribution < 1.29 is 9.59 Å². The molecule has 1 fully saturated rings. The molecular formula is C8H15N3O2. The third-order valence-corrected chi connectivity index (χ3v) is 2.16. The average Bonchev–Trinajstić information content (AvgIpc) is 2.36. The molecule has 0 aliphatic carbocycles. The maximum Gasteiger partial charge on any atom is 0.241 e. The molecule has 5 nitrogen and oxygen atoms in total. The SMILES string of the molecule is CN(C)C(=O)CN1CCC(N)C1=O. The van der Waals surface area contributed by atoms with Crippen LogP contribution in [0.1, 0.15) is 6.42 Å². The van der Waals surface area contributed by atoms with Crippen LogP contribution in [0.4, 0.5) is 0 Å². The molecule has 1 heterocycles. The molecule has 1 atom stereocenters. The van der Waals surface area contributed by atoms with Gasteiger partial charge in [0.15, 0.2) is 0 Å². The quantitative estimate of drug-likeness (QED) is 0.577. The van der Waals surface area contributed by atoms with E-state index in [0.29, 0.717) is 13.0 Å². The Morgan fingerprint density at radius 2 is 2.31 bits per heavy atom. The number of likely N-dealkylation sites (tertiary alicyclic amines) is 1. The van der Waals surface area contributed by atoms with Crippen LogP contribution < -0.4 is 5.73 Å². The second-order valence-electron chi connectivity index (χ2n) is 3.44. The first kappa shape index (κ1) is 9.98. The Hall–Kier alpha value is -1.10. The van der Waals surface area contributed by atoms with Crippen LogP contribution in [0.5, 0.6) is 0 Å². The fourth-order valence-electron chi connectivity index (χ4n) is 1.22. The van der Waals surface area contributed by atoms with Gasteiger partial charge in [-0.1, -0.05) is 0 Å². The highest BCUT2D eigenvalue weighted by atomic mass is 16.2. The van der Waals surface area contributed by atoms with Crippen molar-refractivity contribution in [3.8, 4) is 0 Å².